The summed E-state index contributed by atoms with van der Waals surface area (Å²) in [5.74, 6) is -0.346. The van der Waals surface area contributed by atoms with Gasteiger partial charge < -0.3 is 4.74 Å². The number of ether oxygens (including phenoxy) is 1. The van der Waals surface area contributed by atoms with Gasteiger partial charge in [-0.1, -0.05) is 48.6 Å². The highest BCUT2D eigenvalue weighted by Crippen LogP contribution is 2.16. The lowest BCUT2D eigenvalue weighted by Gasteiger charge is -2.27. The standard InChI is InChI=1S/C15H15NO3/c1-19-15(18)16-13(8-5-9-14(16)17)11-10-12-6-3-2-4-7-12/h2-7,9-11,13H,8H2,1H3/b11-10+. The topological polar surface area (TPSA) is 46.6 Å². The molecule has 19 heavy (non-hydrogen) atoms. The van der Waals surface area contributed by atoms with E-state index in [9.17, 15) is 9.59 Å². The van der Waals surface area contributed by atoms with Gasteiger partial charge in [-0.15, -0.1) is 0 Å². The van der Waals surface area contributed by atoms with Crippen molar-refractivity contribution < 1.29 is 14.3 Å². The third-order valence-electron chi connectivity index (χ3n) is 2.89. The van der Waals surface area contributed by atoms with Gasteiger partial charge in [-0.05, 0) is 18.1 Å². The van der Waals surface area contributed by atoms with Gasteiger partial charge in [0.2, 0.25) is 0 Å². The summed E-state index contributed by atoms with van der Waals surface area (Å²) >= 11 is 0. The Balaban J connectivity index is 2.18. The summed E-state index contributed by atoms with van der Waals surface area (Å²) in [5.41, 5.74) is 1.02. The van der Waals surface area contributed by atoms with Crippen LogP contribution in [-0.2, 0) is 9.53 Å². The summed E-state index contributed by atoms with van der Waals surface area (Å²) < 4.78 is 4.64. The van der Waals surface area contributed by atoms with Gasteiger partial charge >= 0.3 is 6.09 Å². The molecule has 1 unspecified atom stereocenters. The monoisotopic (exact) mass is 257 g/mol. The zero-order chi connectivity index (χ0) is 13.7. The fourth-order valence-electron chi connectivity index (χ4n) is 1.93. The minimum atomic E-state index is -0.628. The Bertz CT molecular complexity index is 519. The van der Waals surface area contributed by atoms with E-state index < -0.39 is 6.09 Å². The van der Waals surface area contributed by atoms with E-state index in [4.69, 9.17) is 0 Å². The van der Waals surface area contributed by atoms with E-state index in [1.165, 1.54) is 13.2 Å². The van der Waals surface area contributed by atoms with Crippen LogP contribution in [0.25, 0.3) is 6.08 Å². The summed E-state index contributed by atoms with van der Waals surface area (Å²) in [4.78, 5) is 24.5. The van der Waals surface area contributed by atoms with Gasteiger partial charge in [0, 0.05) is 0 Å². The van der Waals surface area contributed by atoms with Crippen LogP contribution in [0.5, 0.6) is 0 Å². The molecule has 0 N–H and O–H groups in total. The maximum atomic E-state index is 11.7. The van der Waals surface area contributed by atoms with Gasteiger partial charge in [0.25, 0.3) is 5.91 Å². The smallest absolute Gasteiger partial charge is 0.417 e. The number of carbonyl (C=O) groups is 2. The Labute approximate surface area is 112 Å². The fourth-order valence-corrected chi connectivity index (χ4v) is 1.93. The van der Waals surface area contributed by atoms with Gasteiger partial charge in [0.15, 0.2) is 0 Å². The van der Waals surface area contributed by atoms with Gasteiger partial charge in [-0.25, -0.2) is 9.69 Å². The first-order valence-electron chi connectivity index (χ1n) is 6.03. The second kappa shape index (κ2) is 6.00. The van der Waals surface area contributed by atoms with Crippen LogP contribution >= 0.6 is 0 Å². The SMILES string of the molecule is COC(=O)N1C(=O)C=CCC1/C=C/c1ccccc1. The number of rotatable bonds is 2. The van der Waals surface area contributed by atoms with Crippen molar-refractivity contribution in [3.63, 3.8) is 0 Å². The lowest BCUT2D eigenvalue weighted by atomic mass is 10.1. The van der Waals surface area contributed by atoms with Crippen LogP contribution in [-0.4, -0.2) is 30.1 Å². The van der Waals surface area contributed by atoms with E-state index in [2.05, 4.69) is 4.74 Å². The Morgan fingerprint density at radius 3 is 2.79 bits per heavy atom. The van der Waals surface area contributed by atoms with Crippen molar-refractivity contribution in [3.8, 4) is 0 Å². The molecule has 0 bridgehead atoms. The van der Waals surface area contributed by atoms with E-state index in [-0.39, 0.29) is 11.9 Å². The quantitative estimate of drug-likeness (QED) is 0.818. The first kappa shape index (κ1) is 13.1. The number of methoxy groups -OCH3 is 1. The van der Waals surface area contributed by atoms with Crippen LogP contribution in [0.3, 0.4) is 0 Å². The zero-order valence-electron chi connectivity index (χ0n) is 10.7. The molecular weight excluding hydrogens is 242 g/mol. The van der Waals surface area contributed by atoms with Crippen molar-refractivity contribution >= 4 is 18.1 Å². The highest BCUT2D eigenvalue weighted by atomic mass is 16.5. The number of nitrogens with zero attached hydrogens (tertiary/aromatic N) is 1. The summed E-state index contributed by atoms with van der Waals surface area (Å²) in [6.07, 6.45) is 6.87. The van der Waals surface area contributed by atoms with E-state index in [1.54, 1.807) is 6.08 Å². The van der Waals surface area contributed by atoms with Crippen LogP contribution in [0, 0.1) is 0 Å². The predicted octanol–water partition coefficient (Wildman–Crippen LogP) is 2.62. The second-order valence-corrected chi connectivity index (χ2v) is 4.15. The second-order valence-electron chi connectivity index (χ2n) is 4.15. The van der Waals surface area contributed by atoms with Gasteiger partial charge in [-0.3, -0.25) is 4.79 Å². The van der Waals surface area contributed by atoms with Gasteiger partial charge in [0.05, 0.1) is 13.2 Å². The number of carbonyl (C=O) groups excluding carboxylic acids is 2. The summed E-state index contributed by atoms with van der Waals surface area (Å²) in [5, 5.41) is 0. The third-order valence-corrected chi connectivity index (χ3v) is 2.89. The van der Waals surface area contributed by atoms with E-state index in [1.807, 2.05) is 42.5 Å². The first-order chi connectivity index (χ1) is 9.22. The molecule has 1 atom stereocenters. The Kier molecular flexibility index (Phi) is 4.13. The van der Waals surface area contributed by atoms with Crippen LogP contribution in [0.4, 0.5) is 4.79 Å². The minimum absolute atomic E-state index is 0.301. The number of amides is 2. The molecule has 4 nitrogen and oxygen atoms in total. The predicted molar refractivity (Wildman–Crippen MR) is 72.3 cm³/mol. The third kappa shape index (κ3) is 3.10. The van der Waals surface area contributed by atoms with E-state index >= 15 is 0 Å². The minimum Gasteiger partial charge on any atom is -0.452 e. The highest BCUT2D eigenvalue weighted by Gasteiger charge is 2.29. The molecule has 4 heteroatoms. The molecule has 2 amide bonds. The van der Waals surface area contributed by atoms with Crippen LogP contribution in [0.2, 0.25) is 0 Å². The molecule has 0 saturated carbocycles. The average Bonchev–Trinajstić information content (AvgIpc) is 2.45. The van der Waals surface area contributed by atoms with Crippen LogP contribution in [0.1, 0.15) is 12.0 Å². The van der Waals surface area contributed by atoms with Gasteiger partial charge in [-0.2, -0.15) is 0 Å². The number of hydrogen-bond donors (Lipinski definition) is 0. The van der Waals surface area contributed by atoms with Gasteiger partial charge in [0.1, 0.15) is 0 Å². The van der Waals surface area contributed by atoms with Crippen molar-refractivity contribution in [3.05, 3.63) is 54.1 Å². The molecule has 1 aliphatic heterocycles. The highest BCUT2D eigenvalue weighted by molar-refractivity contribution is 6.00. The molecule has 98 valence electrons. The molecule has 1 aromatic carbocycles. The molecule has 0 aromatic heterocycles. The molecular formula is C15H15NO3. The molecule has 2 rings (SSSR count). The molecule has 1 heterocycles. The van der Waals surface area contributed by atoms with Crippen molar-refractivity contribution in [1.29, 1.82) is 0 Å². The number of imide groups is 1. The van der Waals surface area contributed by atoms with Crippen LogP contribution < -0.4 is 0 Å². The van der Waals surface area contributed by atoms with Crippen molar-refractivity contribution in [2.45, 2.75) is 12.5 Å². The molecule has 0 aliphatic carbocycles. The van der Waals surface area contributed by atoms with Crippen molar-refractivity contribution in [2.24, 2.45) is 0 Å². The number of hydrogen-bond acceptors (Lipinski definition) is 3. The van der Waals surface area contributed by atoms with Crippen LogP contribution in [0.15, 0.2) is 48.6 Å². The molecule has 0 saturated heterocycles. The normalized spacial score (nSPS) is 18.9. The molecule has 0 radical (unpaired) electrons. The largest absolute Gasteiger partial charge is 0.452 e. The Morgan fingerprint density at radius 1 is 1.37 bits per heavy atom. The summed E-state index contributed by atoms with van der Waals surface area (Å²) in [7, 11) is 1.27. The molecule has 1 aromatic rings. The first-order valence-corrected chi connectivity index (χ1v) is 6.03. The Hall–Kier alpha value is -2.36. The Morgan fingerprint density at radius 2 is 2.11 bits per heavy atom. The fraction of sp³-hybridized carbons (Fsp3) is 0.200. The summed E-state index contributed by atoms with van der Waals surface area (Å²) in [6, 6.07) is 9.42. The lowest BCUT2D eigenvalue weighted by Crippen LogP contribution is -2.44. The van der Waals surface area contributed by atoms with E-state index in [0.29, 0.717) is 6.42 Å². The molecule has 0 fully saturated rings. The van der Waals surface area contributed by atoms with Crippen molar-refractivity contribution in [1.82, 2.24) is 4.90 Å². The maximum Gasteiger partial charge on any atom is 0.417 e. The molecule has 1 aliphatic rings. The van der Waals surface area contributed by atoms with E-state index in [0.717, 1.165) is 10.5 Å². The maximum absolute atomic E-state index is 11.7. The average molecular weight is 257 g/mol. The lowest BCUT2D eigenvalue weighted by molar-refractivity contribution is -0.125. The zero-order valence-corrected chi connectivity index (χ0v) is 10.7. The molecule has 0 spiro atoms. The summed E-state index contributed by atoms with van der Waals surface area (Å²) in [6.45, 7) is 0. The van der Waals surface area contributed by atoms with Crippen molar-refractivity contribution in [2.75, 3.05) is 7.11 Å². The number of benzene rings is 1.